The maximum Gasteiger partial charge on any atom is 0.0190 e. The van der Waals surface area contributed by atoms with Crippen LogP contribution in [-0.2, 0) is 0 Å². The van der Waals surface area contributed by atoms with Gasteiger partial charge in [-0.15, -0.1) is 0 Å². The van der Waals surface area contributed by atoms with E-state index in [1.807, 2.05) is 0 Å². The van der Waals surface area contributed by atoms with Crippen LogP contribution in [-0.4, -0.2) is 37.6 Å². The SMILES string of the molecule is CC1=CCCN(CC2CCNCC2)C1. The molecule has 2 heteroatoms. The largest absolute Gasteiger partial charge is 0.317 e. The predicted octanol–water partition coefficient (Wildman–Crippen LogP) is 1.64. The van der Waals surface area contributed by atoms with E-state index in [0.717, 1.165) is 5.92 Å². The van der Waals surface area contributed by atoms with Crippen LogP contribution >= 0.6 is 0 Å². The average molecular weight is 194 g/mol. The van der Waals surface area contributed by atoms with Crippen LogP contribution in [0.3, 0.4) is 0 Å². The van der Waals surface area contributed by atoms with Gasteiger partial charge in [0.15, 0.2) is 0 Å². The molecule has 14 heavy (non-hydrogen) atoms. The summed E-state index contributed by atoms with van der Waals surface area (Å²) < 4.78 is 0. The van der Waals surface area contributed by atoms with Crippen molar-refractivity contribution >= 4 is 0 Å². The number of hydrogen-bond donors (Lipinski definition) is 1. The van der Waals surface area contributed by atoms with Crippen molar-refractivity contribution in [3.8, 4) is 0 Å². The molecule has 0 aromatic carbocycles. The van der Waals surface area contributed by atoms with E-state index in [-0.39, 0.29) is 0 Å². The quantitative estimate of drug-likeness (QED) is 0.672. The molecule has 2 heterocycles. The fourth-order valence-electron chi connectivity index (χ4n) is 2.58. The number of hydrogen-bond acceptors (Lipinski definition) is 2. The Hall–Kier alpha value is -0.340. The minimum Gasteiger partial charge on any atom is -0.317 e. The van der Waals surface area contributed by atoms with E-state index in [2.05, 4.69) is 23.2 Å². The molecule has 0 aromatic heterocycles. The fraction of sp³-hybridized carbons (Fsp3) is 0.833. The second kappa shape index (κ2) is 4.94. The Balaban J connectivity index is 1.76. The molecule has 2 rings (SSSR count). The molecule has 0 aliphatic carbocycles. The zero-order chi connectivity index (χ0) is 9.80. The third-order valence-corrected chi connectivity index (χ3v) is 3.39. The molecule has 0 radical (unpaired) electrons. The predicted molar refractivity (Wildman–Crippen MR) is 60.4 cm³/mol. The standard InChI is InChI=1S/C12H22N2/c1-11-3-2-8-14(9-11)10-12-4-6-13-7-5-12/h3,12-13H,2,4-10H2,1H3. The molecular weight excluding hydrogens is 172 g/mol. The zero-order valence-electron chi connectivity index (χ0n) is 9.26. The lowest BCUT2D eigenvalue weighted by Gasteiger charge is -2.32. The van der Waals surface area contributed by atoms with Crippen molar-refractivity contribution in [1.29, 1.82) is 0 Å². The summed E-state index contributed by atoms with van der Waals surface area (Å²) in [4.78, 5) is 2.63. The highest BCUT2D eigenvalue weighted by atomic mass is 15.1. The summed E-state index contributed by atoms with van der Waals surface area (Å²) >= 11 is 0. The Kier molecular flexibility index (Phi) is 3.60. The Morgan fingerprint density at radius 1 is 1.43 bits per heavy atom. The first-order valence-electron chi connectivity index (χ1n) is 5.93. The van der Waals surface area contributed by atoms with E-state index in [0.29, 0.717) is 0 Å². The smallest absolute Gasteiger partial charge is 0.0190 e. The summed E-state index contributed by atoms with van der Waals surface area (Å²) in [6, 6.07) is 0. The van der Waals surface area contributed by atoms with Crippen LogP contribution in [0.25, 0.3) is 0 Å². The summed E-state index contributed by atoms with van der Waals surface area (Å²) in [7, 11) is 0. The van der Waals surface area contributed by atoms with E-state index in [1.54, 1.807) is 5.57 Å². The molecule has 0 amide bonds. The van der Waals surface area contributed by atoms with Crippen LogP contribution in [0.15, 0.2) is 11.6 Å². The Bertz CT molecular complexity index is 204. The van der Waals surface area contributed by atoms with Crippen LogP contribution in [0.4, 0.5) is 0 Å². The molecule has 2 nitrogen and oxygen atoms in total. The van der Waals surface area contributed by atoms with E-state index in [9.17, 15) is 0 Å². The van der Waals surface area contributed by atoms with Crippen LogP contribution < -0.4 is 5.32 Å². The molecule has 0 bridgehead atoms. The van der Waals surface area contributed by atoms with Gasteiger partial charge in [0.1, 0.15) is 0 Å². The van der Waals surface area contributed by atoms with Crippen molar-refractivity contribution in [3.63, 3.8) is 0 Å². The van der Waals surface area contributed by atoms with Gasteiger partial charge in [-0.1, -0.05) is 11.6 Å². The van der Waals surface area contributed by atoms with Crippen molar-refractivity contribution < 1.29 is 0 Å². The van der Waals surface area contributed by atoms with Gasteiger partial charge in [0, 0.05) is 19.6 Å². The summed E-state index contributed by atoms with van der Waals surface area (Å²) in [6.45, 7) is 8.54. The monoisotopic (exact) mass is 194 g/mol. The minimum atomic E-state index is 0.946. The van der Waals surface area contributed by atoms with Crippen molar-refractivity contribution in [2.24, 2.45) is 5.92 Å². The Labute approximate surface area is 87.4 Å². The van der Waals surface area contributed by atoms with Gasteiger partial charge in [0.2, 0.25) is 0 Å². The number of nitrogens with one attached hydrogen (secondary N) is 1. The van der Waals surface area contributed by atoms with Crippen molar-refractivity contribution in [1.82, 2.24) is 10.2 Å². The van der Waals surface area contributed by atoms with Gasteiger partial charge in [0.05, 0.1) is 0 Å². The molecule has 0 saturated carbocycles. The zero-order valence-corrected chi connectivity index (χ0v) is 9.26. The highest BCUT2D eigenvalue weighted by Crippen LogP contribution is 2.16. The normalized spacial score (nSPS) is 26.2. The van der Waals surface area contributed by atoms with Crippen molar-refractivity contribution in [2.75, 3.05) is 32.7 Å². The maximum atomic E-state index is 3.43. The molecule has 1 fully saturated rings. The summed E-state index contributed by atoms with van der Waals surface area (Å²) in [5.41, 5.74) is 1.56. The lowest BCUT2D eigenvalue weighted by molar-refractivity contribution is 0.215. The number of rotatable bonds is 2. The summed E-state index contributed by atoms with van der Waals surface area (Å²) in [6.07, 6.45) is 6.40. The molecule has 0 spiro atoms. The van der Waals surface area contributed by atoms with Crippen LogP contribution in [0, 0.1) is 5.92 Å². The lowest BCUT2D eigenvalue weighted by Crippen LogP contribution is -2.38. The van der Waals surface area contributed by atoms with Gasteiger partial charge >= 0.3 is 0 Å². The summed E-state index contributed by atoms with van der Waals surface area (Å²) in [5.74, 6) is 0.946. The molecule has 2 aliphatic heterocycles. The molecule has 0 unspecified atom stereocenters. The molecule has 80 valence electrons. The van der Waals surface area contributed by atoms with Gasteiger partial charge in [0.25, 0.3) is 0 Å². The maximum absolute atomic E-state index is 3.43. The van der Waals surface area contributed by atoms with Gasteiger partial charge in [-0.3, -0.25) is 4.90 Å². The second-order valence-corrected chi connectivity index (χ2v) is 4.77. The lowest BCUT2D eigenvalue weighted by atomic mass is 9.96. The fourth-order valence-corrected chi connectivity index (χ4v) is 2.58. The first kappa shape index (κ1) is 10.2. The van der Waals surface area contributed by atoms with E-state index in [1.165, 1.54) is 52.0 Å². The van der Waals surface area contributed by atoms with Crippen LogP contribution in [0.5, 0.6) is 0 Å². The van der Waals surface area contributed by atoms with Gasteiger partial charge in [-0.25, -0.2) is 0 Å². The van der Waals surface area contributed by atoms with Gasteiger partial charge in [-0.05, 0) is 45.2 Å². The van der Waals surface area contributed by atoms with Crippen molar-refractivity contribution in [3.05, 3.63) is 11.6 Å². The Morgan fingerprint density at radius 2 is 2.21 bits per heavy atom. The van der Waals surface area contributed by atoms with E-state index >= 15 is 0 Å². The van der Waals surface area contributed by atoms with Gasteiger partial charge in [-0.2, -0.15) is 0 Å². The Morgan fingerprint density at radius 3 is 2.93 bits per heavy atom. The molecular formula is C12H22N2. The van der Waals surface area contributed by atoms with Gasteiger partial charge < -0.3 is 5.32 Å². The molecule has 1 N–H and O–H groups in total. The first-order chi connectivity index (χ1) is 6.84. The topological polar surface area (TPSA) is 15.3 Å². The highest BCUT2D eigenvalue weighted by Gasteiger charge is 2.18. The van der Waals surface area contributed by atoms with Crippen LogP contribution in [0.2, 0.25) is 0 Å². The molecule has 0 atom stereocenters. The molecule has 0 aromatic rings. The molecule has 2 aliphatic rings. The van der Waals surface area contributed by atoms with Crippen LogP contribution in [0.1, 0.15) is 26.2 Å². The summed E-state index contributed by atoms with van der Waals surface area (Å²) in [5, 5.41) is 3.43. The number of piperidine rings is 1. The third-order valence-electron chi connectivity index (χ3n) is 3.39. The second-order valence-electron chi connectivity index (χ2n) is 4.77. The molecule has 1 saturated heterocycles. The van der Waals surface area contributed by atoms with E-state index in [4.69, 9.17) is 0 Å². The highest BCUT2D eigenvalue weighted by molar-refractivity contribution is 5.04. The average Bonchev–Trinajstić information content (AvgIpc) is 2.19. The third kappa shape index (κ3) is 2.82. The number of nitrogens with zero attached hydrogens (tertiary/aromatic N) is 1. The van der Waals surface area contributed by atoms with Crippen molar-refractivity contribution in [2.45, 2.75) is 26.2 Å². The first-order valence-corrected chi connectivity index (χ1v) is 5.93. The minimum absolute atomic E-state index is 0.946. The van der Waals surface area contributed by atoms with E-state index < -0.39 is 0 Å².